The Bertz CT molecular complexity index is 1040. The molecule has 0 aromatic heterocycles. The second-order valence-corrected chi connectivity index (χ2v) is 9.40. The first-order chi connectivity index (χ1) is 14.9. The lowest BCUT2D eigenvalue weighted by Gasteiger charge is -2.36. The van der Waals surface area contributed by atoms with Gasteiger partial charge in [0.25, 0.3) is 15.9 Å². The molecule has 4 rings (SSSR count). The lowest BCUT2D eigenvalue weighted by molar-refractivity contribution is -0.129. The molecule has 0 atom stereocenters. The van der Waals surface area contributed by atoms with Crippen molar-refractivity contribution in [2.45, 2.75) is 6.54 Å². The molecular formula is C21H25N5O4S. The van der Waals surface area contributed by atoms with E-state index in [-0.39, 0.29) is 36.5 Å². The van der Waals surface area contributed by atoms with Crippen LogP contribution in [0.2, 0.25) is 0 Å². The molecular weight excluding hydrogens is 418 g/mol. The summed E-state index contributed by atoms with van der Waals surface area (Å²) >= 11 is 0. The molecule has 3 aliphatic heterocycles. The molecule has 10 heteroatoms. The number of amides is 2. The minimum atomic E-state index is -3.55. The van der Waals surface area contributed by atoms with Crippen LogP contribution >= 0.6 is 0 Å². The molecule has 1 aromatic rings. The van der Waals surface area contributed by atoms with Gasteiger partial charge in [0, 0.05) is 45.5 Å². The average Bonchev–Trinajstić information content (AvgIpc) is 2.77. The predicted molar refractivity (Wildman–Crippen MR) is 116 cm³/mol. The van der Waals surface area contributed by atoms with Crippen molar-refractivity contribution in [2.24, 2.45) is 4.40 Å². The number of rotatable bonds is 5. The fourth-order valence-electron chi connectivity index (χ4n) is 3.72. The zero-order chi connectivity index (χ0) is 21.8. The largest absolute Gasteiger partial charge is 0.351 e. The molecule has 0 radical (unpaired) electrons. The highest BCUT2D eigenvalue weighted by molar-refractivity contribution is 7.90. The minimum Gasteiger partial charge on any atom is -0.351 e. The topological polar surface area (TPSA) is 102 Å². The number of hydrogen-bond donors (Lipinski definition) is 1. The number of carbonyl (C=O) groups excluding carboxylic acids is 2. The lowest BCUT2D eigenvalue weighted by Crippen LogP contribution is -2.52. The Balaban J connectivity index is 1.30. The van der Waals surface area contributed by atoms with Gasteiger partial charge < -0.3 is 15.1 Å². The van der Waals surface area contributed by atoms with Crippen molar-refractivity contribution in [3.8, 4) is 0 Å². The van der Waals surface area contributed by atoms with Gasteiger partial charge in [0.15, 0.2) is 5.84 Å². The molecule has 0 spiro atoms. The summed E-state index contributed by atoms with van der Waals surface area (Å²) in [5.74, 6) is -0.158. The first-order valence-electron chi connectivity index (χ1n) is 10.2. The number of carbonyl (C=O) groups is 2. The Morgan fingerprint density at radius 1 is 1.03 bits per heavy atom. The van der Waals surface area contributed by atoms with Gasteiger partial charge in [-0.15, -0.1) is 4.40 Å². The number of piperazine rings is 1. The van der Waals surface area contributed by atoms with Gasteiger partial charge in [0.2, 0.25) is 5.91 Å². The van der Waals surface area contributed by atoms with Crippen molar-refractivity contribution in [1.29, 1.82) is 0 Å². The predicted octanol–water partition coefficient (Wildman–Crippen LogP) is -0.0554. The highest BCUT2D eigenvalue weighted by atomic mass is 32.2. The molecule has 164 valence electrons. The van der Waals surface area contributed by atoms with Crippen LogP contribution in [0.5, 0.6) is 0 Å². The van der Waals surface area contributed by atoms with Crippen LogP contribution in [0.15, 0.2) is 58.7 Å². The lowest BCUT2D eigenvalue weighted by atomic mass is 10.1. The molecule has 1 fully saturated rings. The summed E-state index contributed by atoms with van der Waals surface area (Å²) in [4.78, 5) is 30.7. The number of sulfonamides is 1. The van der Waals surface area contributed by atoms with Crippen molar-refractivity contribution in [2.75, 3.05) is 45.0 Å². The number of nitrogens with zero attached hydrogens (tertiary/aromatic N) is 4. The van der Waals surface area contributed by atoms with E-state index < -0.39 is 10.0 Å². The number of nitrogens with one attached hydrogen (secondary N) is 1. The van der Waals surface area contributed by atoms with E-state index in [1.54, 1.807) is 28.2 Å². The van der Waals surface area contributed by atoms with Gasteiger partial charge in [0.05, 0.1) is 17.9 Å². The van der Waals surface area contributed by atoms with Gasteiger partial charge in [-0.25, -0.2) is 8.42 Å². The van der Waals surface area contributed by atoms with Crippen LogP contribution in [0.1, 0.15) is 5.56 Å². The average molecular weight is 444 g/mol. The third kappa shape index (κ3) is 5.20. The van der Waals surface area contributed by atoms with E-state index in [9.17, 15) is 18.0 Å². The van der Waals surface area contributed by atoms with E-state index >= 15 is 0 Å². The maximum atomic E-state index is 13.0. The Hall–Kier alpha value is -2.98. The summed E-state index contributed by atoms with van der Waals surface area (Å²) < 4.78 is 27.6. The number of fused-ring (bicyclic) bond motifs is 1. The Morgan fingerprint density at radius 3 is 2.52 bits per heavy atom. The molecule has 0 bridgehead atoms. The fraction of sp³-hybridized carbons (Fsp3) is 0.381. The van der Waals surface area contributed by atoms with Crippen LogP contribution in [-0.4, -0.2) is 85.8 Å². The molecule has 31 heavy (non-hydrogen) atoms. The molecule has 0 unspecified atom stereocenters. The second kappa shape index (κ2) is 9.03. The van der Waals surface area contributed by atoms with Crippen LogP contribution in [0.25, 0.3) is 0 Å². The molecule has 1 N–H and O–H groups in total. The highest BCUT2D eigenvalue weighted by Gasteiger charge is 2.33. The monoisotopic (exact) mass is 443 g/mol. The van der Waals surface area contributed by atoms with E-state index in [2.05, 4.69) is 9.71 Å². The first kappa shape index (κ1) is 21.3. The summed E-state index contributed by atoms with van der Waals surface area (Å²) in [5, 5.41) is 2.91. The number of hydrogen-bond acceptors (Lipinski definition) is 6. The molecule has 1 aromatic carbocycles. The van der Waals surface area contributed by atoms with Crippen molar-refractivity contribution >= 4 is 27.7 Å². The van der Waals surface area contributed by atoms with Crippen LogP contribution in [-0.2, 0) is 26.2 Å². The van der Waals surface area contributed by atoms with Crippen LogP contribution < -0.4 is 5.32 Å². The summed E-state index contributed by atoms with van der Waals surface area (Å²) in [6.45, 7) is 3.12. The standard InChI is InChI=1S/C21H25N5O4S/c27-19(22-15-17-5-2-1-3-6-17)16-24-9-11-26(12-10-24)21(28)18-7-4-8-25-13-14-31(29,30)23-20(18)25/h1-8H,9-16H2,(H,22,27). The summed E-state index contributed by atoms with van der Waals surface area (Å²) in [6, 6.07) is 9.72. The van der Waals surface area contributed by atoms with Gasteiger partial charge in [0.1, 0.15) is 0 Å². The third-order valence-electron chi connectivity index (χ3n) is 5.45. The number of allylic oxidation sites excluding steroid dienone is 2. The molecule has 1 saturated heterocycles. The smallest absolute Gasteiger partial charge is 0.257 e. The van der Waals surface area contributed by atoms with Crippen LogP contribution in [0.3, 0.4) is 0 Å². The van der Waals surface area contributed by atoms with Crippen LogP contribution in [0.4, 0.5) is 0 Å². The van der Waals surface area contributed by atoms with E-state index in [1.807, 2.05) is 35.2 Å². The highest BCUT2D eigenvalue weighted by Crippen LogP contribution is 2.20. The van der Waals surface area contributed by atoms with Gasteiger partial charge >= 0.3 is 0 Å². The van der Waals surface area contributed by atoms with Gasteiger partial charge in [-0.2, -0.15) is 0 Å². The van der Waals surface area contributed by atoms with E-state index in [0.717, 1.165) is 5.56 Å². The van der Waals surface area contributed by atoms with Gasteiger partial charge in [-0.3, -0.25) is 14.5 Å². The molecule has 2 amide bonds. The van der Waals surface area contributed by atoms with Crippen molar-refractivity contribution in [3.05, 3.63) is 59.8 Å². The molecule has 9 nitrogen and oxygen atoms in total. The summed E-state index contributed by atoms with van der Waals surface area (Å²) in [5.41, 5.74) is 1.34. The summed E-state index contributed by atoms with van der Waals surface area (Å²) in [7, 11) is -3.55. The van der Waals surface area contributed by atoms with Crippen molar-refractivity contribution in [1.82, 2.24) is 20.0 Å². The Kier molecular flexibility index (Phi) is 6.19. The maximum Gasteiger partial charge on any atom is 0.257 e. The third-order valence-corrected chi connectivity index (χ3v) is 6.60. The van der Waals surface area contributed by atoms with Crippen LogP contribution in [0, 0.1) is 0 Å². The molecule has 3 heterocycles. The van der Waals surface area contributed by atoms with E-state index in [4.69, 9.17) is 0 Å². The Labute approximate surface area is 181 Å². The van der Waals surface area contributed by atoms with Gasteiger partial charge in [-0.05, 0) is 17.7 Å². The van der Waals surface area contributed by atoms with Crippen molar-refractivity contribution in [3.63, 3.8) is 0 Å². The zero-order valence-electron chi connectivity index (χ0n) is 17.1. The SMILES string of the molecule is O=C(CN1CCN(C(=O)C2=CC=CN3CCS(=O)(=O)N=C23)CC1)NCc1ccccc1. The van der Waals surface area contributed by atoms with E-state index in [0.29, 0.717) is 38.3 Å². The quantitative estimate of drug-likeness (QED) is 0.684. The molecule has 3 aliphatic rings. The zero-order valence-corrected chi connectivity index (χ0v) is 17.9. The molecule has 0 aliphatic carbocycles. The van der Waals surface area contributed by atoms with Crippen molar-refractivity contribution < 1.29 is 18.0 Å². The first-order valence-corrected chi connectivity index (χ1v) is 11.8. The molecule has 0 saturated carbocycles. The normalized spacial score (nSPS) is 20.5. The number of benzene rings is 1. The second-order valence-electron chi connectivity index (χ2n) is 7.65. The summed E-state index contributed by atoms with van der Waals surface area (Å²) in [6.07, 6.45) is 5.08. The minimum absolute atomic E-state index is 0.0545. The Morgan fingerprint density at radius 2 is 1.77 bits per heavy atom. The number of amidine groups is 1. The van der Waals surface area contributed by atoms with E-state index in [1.165, 1.54) is 0 Å². The van der Waals surface area contributed by atoms with Gasteiger partial charge in [-0.1, -0.05) is 30.3 Å². The fourth-order valence-corrected chi connectivity index (χ4v) is 4.70. The maximum absolute atomic E-state index is 13.0.